The van der Waals surface area contributed by atoms with Crippen molar-refractivity contribution in [1.82, 2.24) is 76.1 Å². The van der Waals surface area contributed by atoms with E-state index in [2.05, 4.69) is 76.1 Å². The van der Waals surface area contributed by atoms with E-state index in [-0.39, 0.29) is 50.2 Å². The summed E-state index contributed by atoms with van der Waals surface area (Å²) in [6, 6.07) is 40.4. The van der Waals surface area contributed by atoms with Crippen molar-refractivity contribution >= 4 is 51.4 Å². The van der Waals surface area contributed by atoms with Crippen molar-refractivity contribution in [2.24, 2.45) is 17.8 Å². The van der Waals surface area contributed by atoms with Gasteiger partial charge in [-0.05, 0) is 146 Å². The Morgan fingerprint density at radius 3 is 0.896 bits per heavy atom. The van der Waals surface area contributed by atoms with Crippen LogP contribution < -0.4 is 30.9 Å². The fourth-order valence-electron chi connectivity index (χ4n) is 10.9. The number of fused-ring (bicyclic) bond motifs is 3. The van der Waals surface area contributed by atoms with Crippen LogP contribution in [0.25, 0.3) is 101 Å². The molecule has 6 aromatic heterocycles. The maximum absolute atomic E-state index is 12.3. The molecule has 0 aliphatic rings. The Morgan fingerprint density at radius 2 is 0.646 bits per heavy atom. The van der Waals surface area contributed by atoms with Gasteiger partial charge >= 0.3 is 17.9 Å². The second-order valence-corrected chi connectivity index (χ2v) is 22.2. The van der Waals surface area contributed by atoms with Gasteiger partial charge in [-0.2, -0.15) is 15.6 Å². The predicted octanol–water partition coefficient (Wildman–Crippen LogP) is 10.3. The van der Waals surface area contributed by atoms with E-state index in [0.29, 0.717) is 110 Å². The maximum Gasteiger partial charge on any atom is 0.306 e. The van der Waals surface area contributed by atoms with Crippen LogP contribution in [0.1, 0.15) is 77.5 Å². The van der Waals surface area contributed by atoms with Gasteiger partial charge in [-0.15, -0.1) is 30.6 Å². The van der Waals surface area contributed by atoms with Gasteiger partial charge in [0.25, 0.3) is 16.7 Å². The van der Waals surface area contributed by atoms with Crippen LogP contribution in [0.15, 0.2) is 142 Å². The van der Waals surface area contributed by atoms with Crippen molar-refractivity contribution in [3.8, 4) is 84.8 Å². The number of aromatic nitrogens is 15. The molecule has 3 unspecified atom stereocenters. The minimum absolute atomic E-state index is 0.145. The van der Waals surface area contributed by atoms with Crippen molar-refractivity contribution in [3.05, 3.63) is 175 Å². The highest BCUT2D eigenvalue weighted by atomic mass is 16.5. The summed E-state index contributed by atoms with van der Waals surface area (Å²) in [6.07, 6.45) is 3.13. The molecule has 492 valence electrons. The van der Waals surface area contributed by atoms with Crippen molar-refractivity contribution in [1.29, 1.82) is 0 Å². The summed E-state index contributed by atoms with van der Waals surface area (Å²) in [5.41, 5.74) is 10.3. The highest BCUT2D eigenvalue weighted by Gasteiger charge is 2.22. The number of rotatable bonds is 24. The molecular formula is C69H69N15O12. The van der Waals surface area contributed by atoms with Crippen LogP contribution in [0.3, 0.4) is 0 Å². The fourth-order valence-corrected chi connectivity index (χ4v) is 10.9. The number of carbonyl (C=O) groups is 3. The summed E-state index contributed by atoms with van der Waals surface area (Å²) in [4.78, 5) is 92.5. The number of aliphatic carboxylic acids is 3. The molecule has 12 rings (SSSR count). The molecule has 12 aromatic rings. The van der Waals surface area contributed by atoms with Gasteiger partial charge < -0.3 is 44.5 Å². The van der Waals surface area contributed by atoms with E-state index in [1.165, 1.54) is 0 Å². The topological polar surface area (TPSA) is 402 Å². The van der Waals surface area contributed by atoms with Gasteiger partial charge in [0.05, 0.1) is 54.3 Å². The molecule has 96 heavy (non-hydrogen) atoms. The van der Waals surface area contributed by atoms with E-state index in [0.717, 1.165) is 50.1 Å². The molecule has 6 heterocycles. The summed E-state index contributed by atoms with van der Waals surface area (Å²) in [5.74, 6) is -0.880. The molecule has 0 radical (unpaired) electrons. The molecule has 27 nitrogen and oxygen atoms in total. The number of carboxylic acids is 3. The van der Waals surface area contributed by atoms with Crippen LogP contribution in [0.5, 0.6) is 17.2 Å². The normalized spacial score (nSPS) is 12.1. The lowest BCUT2D eigenvalue weighted by molar-refractivity contribution is -0.142. The van der Waals surface area contributed by atoms with E-state index in [1.54, 1.807) is 0 Å². The van der Waals surface area contributed by atoms with Gasteiger partial charge in [0.15, 0.2) is 16.6 Å². The Labute approximate surface area is 546 Å². The number of benzene rings is 6. The number of nitrogens with one attached hydrogen (secondary N) is 6. The average molecular weight is 1300 g/mol. The lowest BCUT2D eigenvalue weighted by Gasteiger charge is -2.13. The number of hydrogen-bond donors (Lipinski definition) is 9. The predicted molar refractivity (Wildman–Crippen MR) is 358 cm³/mol. The Balaban J connectivity index is 0.000000157. The monoisotopic (exact) mass is 1300 g/mol. The van der Waals surface area contributed by atoms with Crippen LogP contribution >= 0.6 is 0 Å². The van der Waals surface area contributed by atoms with E-state index < -0.39 is 35.7 Å². The largest absolute Gasteiger partial charge is 0.493 e. The standard InChI is InChI=1S/3C23H23N5O4/c3*1-3-14(23(30)31)10-13-6-5-7-15(11-13)16-8-9-17(18(12-16)32-4-2)20-24-21-19(22(29)25-20)26-28-27-21/h3*5-9,11-12,14H,3-4,10H2,1-2H3,(H,30,31)(H2,24,25,26,27,28,29). The average Bonchev–Trinajstić information content (AvgIpc) is 1.10. The molecule has 0 saturated heterocycles. The molecule has 0 fully saturated rings. The van der Waals surface area contributed by atoms with Crippen molar-refractivity contribution in [3.63, 3.8) is 0 Å². The van der Waals surface area contributed by atoms with Crippen LogP contribution in [-0.2, 0) is 33.6 Å². The Hall–Kier alpha value is -12.0. The van der Waals surface area contributed by atoms with Gasteiger partial charge in [-0.25, -0.2) is 15.0 Å². The zero-order chi connectivity index (χ0) is 68.0. The summed E-state index contributed by atoms with van der Waals surface area (Å²) >= 11 is 0. The van der Waals surface area contributed by atoms with Crippen LogP contribution in [0.2, 0.25) is 0 Å². The molecule has 3 atom stereocenters. The molecule has 6 aromatic carbocycles. The fraction of sp³-hybridized carbons (Fsp3) is 0.261. The minimum Gasteiger partial charge on any atom is -0.493 e. The third-order valence-electron chi connectivity index (χ3n) is 15.9. The Morgan fingerprint density at radius 1 is 0.375 bits per heavy atom. The minimum atomic E-state index is -0.786. The van der Waals surface area contributed by atoms with Crippen molar-refractivity contribution in [2.75, 3.05) is 19.8 Å². The van der Waals surface area contributed by atoms with Gasteiger partial charge in [0, 0.05) is 0 Å². The number of carboxylic acid groups (broad SMARTS) is 3. The first-order valence-electron chi connectivity index (χ1n) is 31.2. The van der Waals surface area contributed by atoms with Gasteiger partial charge in [-0.1, -0.05) is 112 Å². The summed E-state index contributed by atoms with van der Waals surface area (Å²) in [6.45, 7) is 12.6. The highest BCUT2D eigenvalue weighted by Crippen LogP contribution is 2.37. The number of ether oxygens (including phenoxy) is 3. The lowest BCUT2D eigenvalue weighted by atomic mass is 9.94. The smallest absolute Gasteiger partial charge is 0.306 e. The van der Waals surface area contributed by atoms with Crippen LogP contribution in [0.4, 0.5) is 0 Å². The highest BCUT2D eigenvalue weighted by molar-refractivity contribution is 5.81. The second kappa shape index (κ2) is 30.6. The first-order chi connectivity index (χ1) is 46.5. The zero-order valence-electron chi connectivity index (χ0n) is 53.3. The molecule has 27 heteroatoms. The summed E-state index contributed by atoms with van der Waals surface area (Å²) in [5, 5.41) is 58.5. The zero-order valence-corrected chi connectivity index (χ0v) is 53.3. The molecule has 0 aliphatic heterocycles. The number of nitrogens with zero attached hydrogens (tertiary/aromatic N) is 9. The number of H-pyrrole nitrogens is 6. The molecule has 0 bridgehead atoms. The molecule has 0 saturated carbocycles. The maximum atomic E-state index is 12.3. The summed E-state index contributed by atoms with van der Waals surface area (Å²) < 4.78 is 17.5. The number of hydrogen-bond acceptors (Lipinski definition) is 18. The first kappa shape index (κ1) is 66.9. The van der Waals surface area contributed by atoms with E-state index in [9.17, 15) is 44.1 Å². The molecule has 0 aliphatic carbocycles. The summed E-state index contributed by atoms with van der Waals surface area (Å²) in [7, 11) is 0. The third-order valence-corrected chi connectivity index (χ3v) is 15.9. The molecular weight excluding hydrogens is 1230 g/mol. The number of aromatic amines is 6. The van der Waals surface area contributed by atoms with Crippen molar-refractivity contribution in [2.45, 2.75) is 80.1 Å². The second-order valence-electron chi connectivity index (χ2n) is 22.2. The van der Waals surface area contributed by atoms with Gasteiger partial charge in [0.2, 0.25) is 16.9 Å². The van der Waals surface area contributed by atoms with E-state index in [1.807, 2.05) is 169 Å². The quantitative estimate of drug-likeness (QED) is 0.0271. The first-order valence-corrected chi connectivity index (χ1v) is 31.2. The van der Waals surface area contributed by atoms with E-state index in [4.69, 9.17) is 14.2 Å². The lowest BCUT2D eigenvalue weighted by Crippen LogP contribution is -2.15. The Kier molecular flexibility index (Phi) is 21.3. The Bertz CT molecular complexity index is 4470. The molecule has 0 amide bonds. The molecule has 0 spiro atoms. The van der Waals surface area contributed by atoms with Gasteiger partial charge in [0.1, 0.15) is 34.7 Å². The van der Waals surface area contributed by atoms with Crippen molar-refractivity contribution < 1.29 is 43.9 Å². The third kappa shape index (κ3) is 15.5. The van der Waals surface area contributed by atoms with E-state index >= 15 is 0 Å². The SMILES string of the molecule is CCOc1cc(-c2cccc(CC(CC)C(=O)O)c2)ccc1-c1nc2n[nH]nc2c(=O)[nH]1.CCOc1cc(-c2cccc(CC(CC)C(=O)O)c2)ccc1-c1nc2n[nH]nc2c(=O)[nH]1.CCOc1cc(-c2cccc(CC(CC)C(=O)O)c2)ccc1-c1nc2n[nH]nc2c(=O)[nH]1. The molecule has 9 N–H and O–H groups in total. The van der Waals surface area contributed by atoms with Gasteiger partial charge in [-0.3, -0.25) is 28.8 Å². The van der Waals surface area contributed by atoms with Crippen LogP contribution in [0, 0.1) is 17.8 Å². The van der Waals surface area contributed by atoms with Crippen LogP contribution in [-0.4, -0.2) is 129 Å².